The van der Waals surface area contributed by atoms with Crippen molar-refractivity contribution in [1.29, 1.82) is 0 Å². The molecular formula is C15H32N4. The van der Waals surface area contributed by atoms with Crippen molar-refractivity contribution in [3.05, 3.63) is 0 Å². The fraction of sp³-hybridized carbons (Fsp3) is 1.00. The molecule has 2 saturated heterocycles. The predicted molar refractivity (Wildman–Crippen MR) is 81.4 cm³/mol. The molecule has 2 fully saturated rings. The molecule has 2 aliphatic heterocycles. The van der Waals surface area contributed by atoms with Gasteiger partial charge in [-0.25, -0.2) is 0 Å². The molecule has 0 aromatic rings. The van der Waals surface area contributed by atoms with Gasteiger partial charge in [-0.15, -0.1) is 0 Å². The number of hydrogen-bond donors (Lipinski definition) is 1. The van der Waals surface area contributed by atoms with E-state index in [-0.39, 0.29) is 5.54 Å². The minimum Gasteiger partial charge on any atom is -0.329 e. The highest BCUT2D eigenvalue weighted by Crippen LogP contribution is 2.27. The predicted octanol–water partition coefficient (Wildman–Crippen LogP) is 0.826. The van der Waals surface area contributed by atoms with E-state index in [1.165, 1.54) is 52.0 Å². The summed E-state index contributed by atoms with van der Waals surface area (Å²) in [4.78, 5) is 7.77. The number of piperidine rings is 1. The van der Waals surface area contributed by atoms with Crippen molar-refractivity contribution in [2.24, 2.45) is 5.73 Å². The Morgan fingerprint density at radius 1 is 1.16 bits per heavy atom. The molecule has 19 heavy (non-hydrogen) atoms. The number of likely N-dealkylation sites (N-methyl/N-ethyl adjacent to an activating group) is 1. The summed E-state index contributed by atoms with van der Waals surface area (Å²) in [5.74, 6) is 0. The van der Waals surface area contributed by atoms with E-state index in [1.54, 1.807) is 0 Å². The van der Waals surface area contributed by atoms with Crippen molar-refractivity contribution < 1.29 is 0 Å². The molecule has 0 spiro atoms. The van der Waals surface area contributed by atoms with Crippen LogP contribution in [0.15, 0.2) is 0 Å². The number of nitrogens with two attached hydrogens (primary N) is 1. The first-order chi connectivity index (χ1) is 9.11. The van der Waals surface area contributed by atoms with E-state index in [1.807, 2.05) is 0 Å². The highest BCUT2D eigenvalue weighted by Gasteiger charge is 2.40. The topological polar surface area (TPSA) is 35.7 Å². The van der Waals surface area contributed by atoms with Crippen molar-refractivity contribution in [3.8, 4) is 0 Å². The zero-order chi connectivity index (χ0) is 13.9. The summed E-state index contributed by atoms with van der Waals surface area (Å²) >= 11 is 0. The Morgan fingerprint density at radius 3 is 2.37 bits per heavy atom. The normalized spacial score (nSPS) is 33.5. The molecular weight excluding hydrogens is 236 g/mol. The zero-order valence-electron chi connectivity index (χ0n) is 13.1. The Labute approximate surface area is 118 Å². The van der Waals surface area contributed by atoms with Crippen molar-refractivity contribution in [2.45, 2.75) is 44.7 Å². The number of hydrogen-bond acceptors (Lipinski definition) is 4. The lowest BCUT2D eigenvalue weighted by Crippen LogP contribution is -2.66. The van der Waals surface area contributed by atoms with Gasteiger partial charge < -0.3 is 10.6 Å². The molecule has 0 saturated carbocycles. The molecule has 0 bridgehead atoms. The Hall–Kier alpha value is -0.160. The van der Waals surface area contributed by atoms with Gasteiger partial charge in [-0.2, -0.15) is 0 Å². The Morgan fingerprint density at radius 2 is 1.84 bits per heavy atom. The summed E-state index contributed by atoms with van der Waals surface area (Å²) in [6.45, 7) is 12.6. The van der Waals surface area contributed by atoms with E-state index >= 15 is 0 Å². The fourth-order valence-corrected chi connectivity index (χ4v) is 3.79. The molecule has 0 aromatic heterocycles. The smallest absolute Gasteiger partial charge is 0.0459 e. The van der Waals surface area contributed by atoms with Gasteiger partial charge in [0.1, 0.15) is 0 Å². The molecule has 0 aliphatic carbocycles. The Kier molecular flexibility index (Phi) is 5.23. The van der Waals surface area contributed by atoms with E-state index < -0.39 is 0 Å². The first-order valence-corrected chi connectivity index (χ1v) is 7.99. The summed E-state index contributed by atoms with van der Waals surface area (Å²) in [7, 11) is 2.24. The number of nitrogens with zero attached hydrogens (tertiary/aromatic N) is 3. The van der Waals surface area contributed by atoms with Crippen LogP contribution >= 0.6 is 0 Å². The first-order valence-electron chi connectivity index (χ1n) is 7.99. The maximum Gasteiger partial charge on any atom is 0.0459 e. The second-order valence-electron chi connectivity index (χ2n) is 6.55. The van der Waals surface area contributed by atoms with Gasteiger partial charge in [0.05, 0.1) is 0 Å². The molecule has 0 aromatic carbocycles. The van der Waals surface area contributed by atoms with Crippen molar-refractivity contribution in [1.82, 2.24) is 14.7 Å². The molecule has 2 unspecified atom stereocenters. The lowest BCUT2D eigenvalue weighted by molar-refractivity contribution is -0.0144. The van der Waals surface area contributed by atoms with E-state index in [2.05, 4.69) is 35.6 Å². The monoisotopic (exact) mass is 268 g/mol. The summed E-state index contributed by atoms with van der Waals surface area (Å²) in [6.07, 6.45) is 3.82. The van der Waals surface area contributed by atoms with Gasteiger partial charge in [-0.05, 0) is 39.8 Å². The maximum absolute atomic E-state index is 6.17. The third kappa shape index (κ3) is 3.30. The van der Waals surface area contributed by atoms with Gasteiger partial charge in [-0.3, -0.25) is 9.80 Å². The van der Waals surface area contributed by atoms with Gasteiger partial charge in [0.25, 0.3) is 0 Å². The number of likely N-dealkylation sites (tertiary alicyclic amines) is 1. The molecule has 2 rings (SSSR count). The zero-order valence-corrected chi connectivity index (χ0v) is 13.1. The molecule has 112 valence electrons. The highest BCUT2D eigenvalue weighted by atomic mass is 15.3. The highest BCUT2D eigenvalue weighted by molar-refractivity contribution is 4.98. The van der Waals surface area contributed by atoms with Crippen LogP contribution in [0.2, 0.25) is 0 Å². The summed E-state index contributed by atoms with van der Waals surface area (Å²) in [5, 5.41) is 0. The van der Waals surface area contributed by atoms with Crippen molar-refractivity contribution >= 4 is 0 Å². The van der Waals surface area contributed by atoms with Gasteiger partial charge in [0, 0.05) is 50.8 Å². The van der Waals surface area contributed by atoms with Gasteiger partial charge in [0.2, 0.25) is 0 Å². The minimum absolute atomic E-state index is 0.245. The molecule has 4 nitrogen and oxygen atoms in total. The van der Waals surface area contributed by atoms with Gasteiger partial charge >= 0.3 is 0 Å². The van der Waals surface area contributed by atoms with Crippen molar-refractivity contribution in [3.63, 3.8) is 0 Å². The van der Waals surface area contributed by atoms with Crippen LogP contribution in [0.5, 0.6) is 0 Å². The van der Waals surface area contributed by atoms with Crippen LogP contribution in [0.4, 0.5) is 0 Å². The number of piperazine rings is 1. The fourth-order valence-electron chi connectivity index (χ4n) is 3.79. The van der Waals surface area contributed by atoms with E-state index in [0.717, 1.165) is 19.1 Å². The molecule has 0 amide bonds. The minimum atomic E-state index is 0.245. The van der Waals surface area contributed by atoms with E-state index in [9.17, 15) is 0 Å². The molecule has 2 heterocycles. The van der Waals surface area contributed by atoms with Crippen LogP contribution in [0, 0.1) is 0 Å². The summed E-state index contributed by atoms with van der Waals surface area (Å²) in [6, 6.07) is 0.727. The lowest BCUT2D eigenvalue weighted by Gasteiger charge is -2.51. The van der Waals surface area contributed by atoms with Crippen LogP contribution in [0.25, 0.3) is 0 Å². The average Bonchev–Trinajstić information content (AvgIpc) is 2.46. The Bertz CT molecular complexity index is 275. The second kappa shape index (κ2) is 6.53. The second-order valence-corrected chi connectivity index (χ2v) is 6.55. The molecule has 2 aliphatic rings. The van der Waals surface area contributed by atoms with Crippen LogP contribution in [-0.2, 0) is 0 Å². The average molecular weight is 268 g/mol. The lowest BCUT2D eigenvalue weighted by atomic mass is 9.86. The molecule has 2 N–H and O–H groups in total. The number of rotatable bonds is 4. The van der Waals surface area contributed by atoms with E-state index in [0.29, 0.717) is 0 Å². The Balaban J connectivity index is 1.95. The molecule has 0 radical (unpaired) electrons. The maximum atomic E-state index is 6.17. The van der Waals surface area contributed by atoms with Crippen LogP contribution < -0.4 is 5.73 Å². The third-order valence-corrected chi connectivity index (χ3v) is 5.33. The molecule has 2 atom stereocenters. The van der Waals surface area contributed by atoms with Crippen LogP contribution in [0.3, 0.4) is 0 Å². The quantitative estimate of drug-likeness (QED) is 0.819. The summed E-state index contributed by atoms with van der Waals surface area (Å²) < 4.78 is 0. The summed E-state index contributed by atoms with van der Waals surface area (Å²) in [5.41, 5.74) is 6.41. The SMILES string of the molecule is CCC(C)N1CCN(C2(CN)CCCN(C)C2)CC1. The third-order valence-electron chi connectivity index (χ3n) is 5.33. The van der Waals surface area contributed by atoms with Gasteiger partial charge in [0.15, 0.2) is 0 Å². The largest absolute Gasteiger partial charge is 0.329 e. The van der Waals surface area contributed by atoms with Gasteiger partial charge in [-0.1, -0.05) is 6.92 Å². The van der Waals surface area contributed by atoms with Crippen LogP contribution in [0.1, 0.15) is 33.1 Å². The van der Waals surface area contributed by atoms with Crippen molar-refractivity contribution in [2.75, 3.05) is 52.9 Å². The first kappa shape index (κ1) is 15.2. The van der Waals surface area contributed by atoms with Crippen LogP contribution in [-0.4, -0.2) is 79.1 Å². The standard InChI is InChI=1S/C15H32N4/c1-4-14(2)18-8-10-19(11-9-18)15(12-16)6-5-7-17(3)13-15/h14H,4-13,16H2,1-3H3. The van der Waals surface area contributed by atoms with E-state index in [4.69, 9.17) is 5.73 Å². The molecule has 4 heteroatoms.